The third kappa shape index (κ3) is 5.08. The Labute approximate surface area is 229 Å². The maximum atomic E-state index is 13.9. The summed E-state index contributed by atoms with van der Waals surface area (Å²) in [6.45, 7) is 3.37. The van der Waals surface area contributed by atoms with Crippen LogP contribution >= 0.6 is 0 Å². The summed E-state index contributed by atoms with van der Waals surface area (Å²) < 4.78 is 40.0. The molecule has 0 spiro atoms. The zero-order valence-corrected chi connectivity index (χ0v) is 22.1. The molecule has 0 radical (unpaired) electrons. The molecule has 2 aromatic carbocycles. The molecule has 0 aliphatic carbocycles. The molecule has 40 heavy (non-hydrogen) atoms. The van der Waals surface area contributed by atoms with Crippen LogP contribution < -0.4 is 15.9 Å². The van der Waals surface area contributed by atoms with Gasteiger partial charge in [-0.05, 0) is 54.2 Å². The zero-order valence-electron chi connectivity index (χ0n) is 22.1. The van der Waals surface area contributed by atoms with Gasteiger partial charge in [-0.15, -0.1) is 0 Å². The molecule has 0 bridgehead atoms. The van der Waals surface area contributed by atoms with E-state index in [1.54, 1.807) is 43.0 Å². The first-order valence-corrected chi connectivity index (χ1v) is 13.2. The number of aromatic nitrogens is 2. The second-order valence-electron chi connectivity index (χ2n) is 10.4. The number of esters is 1. The lowest BCUT2D eigenvalue weighted by atomic mass is 9.80. The second kappa shape index (κ2) is 11.2. The molecule has 1 aromatic heterocycles. The molecule has 210 valence electrons. The normalized spacial score (nSPS) is 19.0. The van der Waals surface area contributed by atoms with Gasteiger partial charge in [0.05, 0.1) is 18.3 Å². The SMILES string of the molecule is CC(C)C(N)C(=O)OCOc1c2n(ncc1=O)[C@@H](C(c1ccc(F)cc1)c1ccc(F)cc1)[C@H]1CCCN1C2=O. The van der Waals surface area contributed by atoms with Gasteiger partial charge in [0.2, 0.25) is 18.0 Å². The van der Waals surface area contributed by atoms with E-state index in [1.807, 2.05) is 0 Å². The number of benzene rings is 2. The highest BCUT2D eigenvalue weighted by atomic mass is 19.1. The van der Waals surface area contributed by atoms with Gasteiger partial charge in [-0.2, -0.15) is 5.10 Å². The van der Waals surface area contributed by atoms with Gasteiger partial charge in [-0.25, -0.2) is 8.78 Å². The Balaban J connectivity index is 1.60. The fourth-order valence-electron chi connectivity index (χ4n) is 5.52. The summed E-state index contributed by atoms with van der Waals surface area (Å²) >= 11 is 0. The predicted octanol–water partition coefficient (Wildman–Crippen LogP) is 3.38. The van der Waals surface area contributed by atoms with Crippen molar-refractivity contribution in [2.45, 2.75) is 50.7 Å². The summed E-state index contributed by atoms with van der Waals surface area (Å²) in [5, 5.41) is 4.37. The van der Waals surface area contributed by atoms with Crippen LogP contribution in [0.5, 0.6) is 5.75 Å². The Morgan fingerprint density at radius 2 is 1.65 bits per heavy atom. The van der Waals surface area contributed by atoms with Crippen LogP contribution in [0.1, 0.15) is 60.3 Å². The first-order chi connectivity index (χ1) is 19.2. The van der Waals surface area contributed by atoms with E-state index in [2.05, 4.69) is 5.10 Å². The molecule has 1 amide bonds. The molecule has 3 heterocycles. The van der Waals surface area contributed by atoms with E-state index in [0.29, 0.717) is 13.0 Å². The molecule has 11 heteroatoms. The number of hydrogen-bond acceptors (Lipinski definition) is 7. The highest BCUT2D eigenvalue weighted by Crippen LogP contribution is 2.45. The van der Waals surface area contributed by atoms with Crippen LogP contribution in [0, 0.1) is 17.6 Å². The van der Waals surface area contributed by atoms with Crippen molar-refractivity contribution in [1.29, 1.82) is 0 Å². The minimum Gasteiger partial charge on any atom is -0.451 e. The van der Waals surface area contributed by atoms with Crippen molar-refractivity contribution in [3.05, 3.63) is 93.4 Å². The van der Waals surface area contributed by atoms with E-state index in [9.17, 15) is 23.2 Å². The van der Waals surface area contributed by atoms with Gasteiger partial charge in [0.15, 0.2) is 5.69 Å². The molecule has 3 atom stereocenters. The second-order valence-corrected chi connectivity index (χ2v) is 10.4. The molecule has 3 aromatic rings. The quantitative estimate of drug-likeness (QED) is 0.336. The molecular weight excluding hydrogens is 522 g/mol. The van der Waals surface area contributed by atoms with Crippen molar-refractivity contribution in [3.8, 4) is 5.75 Å². The van der Waals surface area contributed by atoms with E-state index in [1.165, 1.54) is 28.9 Å². The van der Waals surface area contributed by atoms with Crippen molar-refractivity contribution in [3.63, 3.8) is 0 Å². The summed E-state index contributed by atoms with van der Waals surface area (Å²) in [7, 11) is 0. The van der Waals surface area contributed by atoms with Crippen molar-refractivity contribution in [2.75, 3.05) is 13.3 Å². The third-order valence-corrected chi connectivity index (χ3v) is 7.60. The van der Waals surface area contributed by atoms with Gasteiger partial charge in [-0.3, -0.25) is 19.1 Å². The average Bonchev–Trinajstić information content (AvgIpc) is 3.43. The number of ether oxygens (including phenoxy) is 2. The van der Waals surface area contributed by atoms with Crippen LogP contribution in [0.15, 0.2) is 59.5 Å². The number of fused-ring (bicyclic) bond motifs is 2. The van der Waals surface area contributed by atoms with E-state index in [4.69, 9.17) is 15.2 Å². The van der Waals surface area contributed by atoms with E-state index >= 15 is 0 Å². The topological polar surface area (TPSA) is 117 Å². The fraction of sp³-hybridized carbons (Fsp3) is 0.379. The Morgan fingerprint density at radius 3 is 2.23 bits per heavy atom. The molecule has 2 aliphatic rings. The van der Waals surface area contributed by atoms with Crippen LogP contribution in [0.4, 0.5) is 8.78 Å². The fourth-order valence-corrected chi connectivity index (χ4v) is 5.52. The number of halogens is 2. The monoisotopic (exact) mass is 552 g/mol. The number of rotatable bonds is 8. The molecule has 5 rings (SSSR count). The van der Waals surface area contributed by atoms with Gasteiger partial charge in [0, 0.05) is 12.5 Å². The average molecular weight is 553 g/mol. The van der Waals surface area contributed by atoms with Gasteiger partial charge in [-0.1, -0.05) is 38.1 Å². The van der Waals surface area contributed by atoms with Crippen LogP contribution in [0.2, 0.25) is 0 Å². The van der Waals surface area contributed by atoms with Crippen LogP contribution in [-0.4, -0.2) is 52.0 Å². The Morgan fingerprint density at radius 1 is 1.05 bits per heavy atom. The van der Waals surface area contributed by atoms with Gasteiger partial charge < -0.3 is 20.1 Å². The maximum absolute atomic E-state index is 13.9. The number of nitrogens with zero attached hydrogens (tertiary/aromatic N) is 3. The molecule has 1 unspecified atom stereocenters. The molecule has 0 saturated carbocycles. The Kier molecular flexibility index (Phi) is 7.66. The number of carbonyl (C=O) groups is 2. The number of nitrogens with two attached hydrogens (primary N) is 1. The highest BCUT2D eigenvalue weighted by molar-refractivity contribution is 5.96. The lowest BCUT2D eigenvalue weighted by Gasteiger charge is -2.42. The summed E-state index contributed by atoms with van der Waals surface area (Å²) in [5.41, 5.74) is 6.55. The molecule has 2 N–H and O–H groups in total. The van der Waals surface area contributed by atoms with E-state index < -0.39 is 53.7 Å². The number of amides is 1. The van der Waals surface area contributed by atoms with Gasteiger partial charge >= 0.3 is 5.97 Å². The lowest BCUT2D eigenvalue weighted by Crippen LogP contribution is -2.51. The first-order valence-electron chi connectivity index (χ1n) is 13.2. The van der Waals surface area contributed by atoms with Crippen LogP contribution in [0.3, 0.4) is 0 Å². The summed E-state index contributed by atoms with van der Waals surface area (Å²) in [5.74, 6) is -2.90. The van der Waals surface area contributed by atoms with E-state index in [0.717, 1.165) is 23.7 Å². The van der Waals surface area contributed by atoms with Crippen molar-refractivity contribution in [1.82, 2.24) is 14.7 Å². The minimum atomic E-state index is -0.875. The summed E-state index contributed by atoms with van der Waals surface area (Å²) in [4.78, 5) is 40.5. The van der Waals surface area contributed by atoms with Crippen molar-refractivity contribution in [2.24, 2.45) is 11.7 Å². The molecule has 9 nitrogen and oxygen atoms in total. The van der Waals surface area contributed by atoms with Gasteiger partial charge in [0.1, 0.15) is 17.7 Å². The molecule has 1 saturated heterocycles. The standard InChI is InChI=1S/C29H30F2N4O5/c1-16(2)24(32)29(38)40-15-39-27-22(36)14-33-35-25(21-4-3-13-34(21)28(37)26(27)35)23(17-5-9-19(30)10-6-17)18-7-11-20(31)12-8-18/h5-12,14,16,21,23-25H,3-4,13,15,32H2,1-2H3/t21-,24?,25-/m1/s1. The molecule has 2 aliphatic heterocycles. The molecule has 1 fully saturated rings. The zero-order chi connectivity index (χ0) is 28.6. The first kappa shape index (κ1) is 27.4. The van der Waals surface area contributed by atoms with Crippen molar-refractivity contribution < 1.29 is 27.8 Å². The third-order valence-electron chi connectivity index (χ3n) is 7.60. The Hall–Kier alpha value is -4.12. The smallest absolute Gasteiger partial charge is 0.326 e. The summed E-state index contributed by atoms with van der Waals surface area (Å²) in [6, 6.07) is 10.3. The van der Waals surface area contributed by atoms with E-state index in [-0.39, 0.29) is 23.4 Å². The maximum Gasteiger partial charge on any atom is 0.326 e. The number of carbonyl (C=O) groups excluding carboxylic acids is 2. The largest absolute Gasteiger partial charge is 0.451 e. The molecular formula is C29H30F2N4O5. The lowest BCUT2D eigenvalue weighted by molar-refractivity contribution is -0.152. The van der Waals surface area contributed by atoms with Gasteiger partial charge in [0.25, 0.3) is 5.91 Å². The van der Waals surface area contributed by atoms with Crippen LogP contribution in [0.25, 0.3) is 0 Å². The van der Waals surface area contributed by atoms with Crippen molar-refractivity contribution >= 4 is 11.9 Å². The predicted molar refractivity (Wildman–Crippen MR) is 141 cm³/mol. The van der Waals surface area contributed by atoms with Crippen LogP contribution in [-0.2, 0) is 9.53 Å². The minimum absolute atomic E-state index is 0.0749. The Bertz CT molecular complexity index is 1410. The highest BCUT2D eigenvalue weighted by Gasteiger charge is 2.48. The number of hydrogen-bond donors (Lipinski definition) is 1. The summed E-state index contributed by atoms with van der Waals surface area (Å²) in [6.07, 6.45) is 2.45.